The van der Waals surface area contributed by atoms with Gasteiger partial charge in [0.25, 0.3) is 0 Å². The van der Waals surface area contributed by atoms with Crippen molar-refractivity contribution >= 4 is 23.2 Å². The van der Waals surface area contributed by atoms with Gasteiger partial charge in [-0.3, -0.25) is 9.59 Å². The van der Waals surface area contributed by atoms with E-state index < -0.39 is 0 Å². The highest BCUT2D eigenvalue weighted by molar-refractivity contribution is 7.10. The Bertz CT molecular complexity index is 969. The molecule has 0 spiro atoms. The standard InChI is InChI=1S/C27H36N2O4S/c1-20-8-3-6-11-24(20)33-19-23-22-13-17-34-25(22)12-15-29(23)26(30)18-28(14-7-16-32-2)27(31)21-9-4-5-10-21/h3,6,8,11,13,17,21,23H,4-5,7,9-10,12,14-16,18-19H2,1-2H3/t23-/m1/s1. The molecule has 2 aliphatic rings. The van der Waals surface area contributed by atoms with Crippen molar-refractivity contribution in [2.45, 2.75) is 51.5 Å². The molecule has 0 saturated heterocycles. The molecule has 0 N–H and O–H groups in total. The molecule has 2 heterocycles. The van der Waals surface area contributed by atoms with Gasteiger partial charge >= 0.3 is 0 Å². The van der Waals surface area contributed by atoms with E-state index in [2.05, 4.69) is 11.4 Å². The molecule has 2 aromatic rings. The van der Waals surface area contributed by atoms with Crippen molar-refractivity contribution in [2.24, 2.45) is 5.92 Å². The Kier molecular flexibility index (Phi) is 8.62. The summed E-state index contributed by atoms with van der Waals surface area (Å²) in [6, 6.07) is 9.93. The summed E-state index contributed by atoms with van der Waals surface area (Å²) in [4.78, 5) is 31.9. The van der Waals surface area contributed by atoms with E-state index in [1.807, 2.05) is 36.1 Å². The number of ether oxygens (including phenoxy) is 2. The highest BCUT2D eigenvalue weighted by Crippen LogP contribution is 2.34. The van der Waals surface area contributed by atoms with E-state index in [0.717, 1.165) is 49.8 Å². The lowest BCUT2D eigenvalue weighted by molar-refractivity contribution is -0.144. The molecule has 1 aromatic carbocycles. The lowest BCUT2D eigenvalue weighted by Gasteiger charge is -2.37. The van der Waals surface area contributed by atoms with Gasteiger partial charge in [-0.1, -0.05) is 31.0 Å². The Balaban J connectivity index is 1.49. The Morgan fingerprint density at radius 2 is 1.97 bits per heavy atom. The highest BCUT2D eigenvalue weighted by atomic mass is 32.1. The summed E-state index contributed by atoms with van der Waals surface area (Å²) in [5.41, 5.74) is 2.25. The molecule has 0 radical (unpaired) electrons. The summed E-state index contributed by atoms with van der Waals surface area (Å²) in [5.74, 6) is 1.03. The lowest BCUT2D eigenvalue weighted by Crippen LogP contribution is -2.49. The zero-order valence-electron chi connectivity index (χ0n) is 20.3. The number of aryl methyl sites for hydroxylation is 1. The van der Waals surface area contributed by atoms with Crippen molar-refractivity contribution in [2.75, 3.05) is 40.0 Å². The third-order valence-corrected chi connectivity index (χ3v) is 8.02. The van der Waals surface area contributed by atoms with Crippen LogP contribution in [0.3, 0.4) is 0 Å². The molecule has 1 saturated carbocycles. The van der Waals surface area contributed by atoms with E-state index in [1.165, 1.54) is 10.4 Å². The van der Waals surface area contributed by atoms with Crippen LogP contribution in [0.2, 0.25) is 0 Å². The van der Waals surface area contributed by atoms with Gasteiger partial charge in [0.1, 0.15) is 12.4 Å². The number of thiophene rings is 1. The molecule has 6 nitrogen and oxygen atoms in total. The van der Waals surface area contributed by atoms with Gasteiger partial charge in [0, 0.05) is 37.6 Å². The molecule has 2 amide bonds. The predicted octanol–water partition coefficient (Wildman–Crippen LogP) is 4.62. The van der Waals surface area contributed by atoms with Crippen molar-refractivity contribution in [3.8, 4) is 5.75 Å². The maximum Gasteiger partial charge on any atom is 0.242 e. The number of methoxy groups -OCH3 is 1. The number of amides is 2. The van der Waals surface area contributed by atoms with E-state index >= 15 is 0 Å². The average Bonchev–Trinajstić information content (AvgIpc) is 3.54. The van der Waals surface area contributed by atoms with Crippen LogP contribution in [-0.2, 0) is 20.7 Å². The van der Waals surface area contributed by atoms with Gasteiger partial charge in [0.2, 0.25) is 11.8 Å². The fourth-order valence-electron chi connectivity index (χ4n) is 5.11. The van der Waals surface area contributed by atoms with Crippen molar-refractivity contribution in [1.82, 2.24) is 9.80 Å². The van der Waals surface area contributed by atoms with Crippen molar-refractivity contribution in [3.63, 3.8) is 0 Å². The maximum atomic E-state index is 13.6. The smallest absolute Gasteiger partial charge is 0.242 e. The first-order valence-electron chi connectivity index (χ1n) is 12.4. The molecule has 0 bridgehead atoms. The summed E-state index contributed by atoms with van der Waals surface area (Å²) in [7, 11) is 1.67. The van der Waals surface area contributed by atoms with Gasteiger partial charge in [-0.15, -0.1) is 11.3 Å². The predicted molar refractivity (Wildman–Crippen MR) is 134 cm³/mol. The van der Waals surface area contributed by atoms with Crippen LogP contribution in [0.5, 0.6) is 5.75 Å². The van der Waals surface area contributed by atoms with E-state index in [0.29, 0.717) is 26.3 Å². The van der Waals surface area contributed by atoms with Crippen LogP contribution in [0.1, 0.15) is 54.1 Å². The van der Waals surface area contributed by atoms with Crippen molar-refractivity contribution in [1.29, 1.82) is 0 Å². The van der Waals surface area contributed by atoms with Crippen LogP contribution in [0, 0.1) is 12.8 Å². The van der Waals surface area contributed by atoms with Crippen LogP contribution in [0.4, 0.5) is 0 Å². The molecule has 1 fully saturated rings. The van der Waals surface area contributed by atoms with Crippen molar-refractivity contribution in [3.05, 3.63) is 51.7 Å². The van der Waals surface area contributed by atoms with Crippen LogP contribution < -0.4 is 4.74 Å². The SMILES string of the molecule is COCCCN(CC(=O)N1CCc2sccc2[C@H]1COc1ccccc1C)C(=O)C1CCCC1. The van der Waals surface area contributed by atoms with E-state index in [9.17, 15) is 9.59 Å². The largest absolute Gasteiger partial charge is 0.491 e. The molecule has 0 unspecified atom stereocenters. The molecule has 4 rings (SSSR count). The van der Waals surface area contributed by atoms with Gasteiger partial charge in [-0.25, -0.2) is 0 Å². The fraction of sp³-hybridized carbons (Fsp3) is 0.556. The average molecular weight is 485 g/mol. The summed E-state index contributed by atoms with van der Waals surface area (Å²) in [6.45, 7) is 4.34. The van der Waals surface area contributed by atoms with Crippen LogP contribution >= 0.6 is 11.3 Å². The fourth-order valence-corrected chi connectivity index (χ4v) is 6.04. The van der Waals surface area contributed by atoms with Gasteiger partial charge in [-0.05, 0) is 61.2 Å². The van der Waals surface area contributed by atoms with Crippen LogP contribution in [-0.4, -0.2) is 61.6 Å². The van der Waals surface area contributed by atoms with E-state index in [-0.39, 0.29) is 30.3 Å². The zero-order chi connectivity index (χ0) is 23.9. The normalized spacial score (nSPS) is 18.1. The third-order valence-electron chi connectivity index (χ3n) is 7.02. The minimum atomic E-state index is -0.149. The Morgan fingerprint density at radius 1 is 1.18 bits per heavy atom. The number of hydrogen-bond donors (Lipinski definition) is 0. The van der Waals surface area contributed by atoms with Gasteiger partial charge in [0.05, 0.1) is 12.6 Å². The number of rotatable bonds is 10. The minimum absolute atomic E-state index is 0.000928. The first-order chi connectivity index (χ1) is 16.6. The van der Waals surface area contributed by atoms with E-state index in [1.54, 1.807) is 23.3 Å². The second kappa shape index (κ2) is 11.8. The third kappa shape index (κ3) is 5.81. The maximum absolute atomic E-state index is 13.6. The number of fused-ring (bicyclic) bond motifs is 1. The number of hydrogen-bond acceptors (Lipinski definition) is 5. The quantitative estimate of drug-likeness (QED) is 0.462. The lowest BCUT2D eigenvalue weighted by atomic mass is 10.00. The molecule has 7 heteroatoms. The first-order valence-corrected chi connectivity index (χ1v) is 13.3. The Morgan fingerprint density at radius 3 is 2.74 bits per heavy atom. The van der Waals surface area contributed by atoms with Crippen LogP contribution in [0.25, 0.3) is 0 Å². The van der Waals surface area contributed by atoms with Crippen LogP contribution in [0.15, 0.2) is 35.7 Å². The Labute approximate surface area is 206 Å². The molecule has 184 valence electrons. The summed E-state index contributed by atoms with van der Waals surface area (Å²) in [5, 5.41) is 2.10. The van der Waals surface area contributed by atoms with Gasteiger partial charge in [0.15, 0.2) is 0 Å². The molecule has 1 atom stereocenters. The molecule has 34 heavy (non-hydrogen) atoms. The first kappa shape index (κ1) is 24.7. The second-order valence-electron chi connectivity index (χ2n) is 9.32. The summed E-state index contributed by atoms with van der Waals surface area (Å²) < 4.78 is 11.4. The molecule has 1 aliphatic heterocycles. The molecular formula is C27H36N2O4S. The van der Waals surface area contributed by atoms with Gasteiger partial charge in [-0.2, -0.15) is 0 Å². The molecule has 1 aromatic heterocycles. The molecule has 1 aliphatic carbocycles. The topological polar surface area (TPSA) is 59.1 Å². The Hall–Kier alpha value is -2.38. The minimum Gasteiger partial charge on any atom is -0.491 e. The highest BCUT2D eigenvalue weighted by Gasteiger charge is 2.35. The van der Waals surface area contributed by atoms with E-state index in [4.69, 9.17) is 9.47 Å². The van der Waals surface area contributed by atoms with Crippen molar-refractivity contribution < 1.29 is 19.1 Å². The second-order valence-corrected chi connectivity index (χ2v) is 10.3. The number of carbonyl (C=O) groups excluding carboxylic acids is 2. The van der Waals surface area contributed by atoms with Gasteiger partial charge < -0.3 is 19.3 Å². The monoisotopic (exact) mass is 484 g/mol. The summed E-state index contributed by atoms with van der Waals surface area (Å²) in [6.07, 6.45) is 5.64. The number of benzene rings is 1. The number of nitrogens with zero attached hydrogens (tertiary/aromatic N) is 2. The number of carbonyl (C=O) groups is 2. The number of para-hydroxylation sites is 1. The summed E-state index contributed by atoms with van der Waals surface area (Å²) >= 11 is 1.74. The zero-order valence-corrected chi connectivity index (χ0v) is 21.1. The molecular weight excluding hydrogens is 448 g/mol.